The number of hydrogen-bond donors (Lipinski definition) is 0. The molecule has 1 aliphatic carbocycles. The van der Waals surface area contributed by atoms with Crippen LogP contribution in [0.3, 0.4) is 0 Å². The Balaban J connectivity index is 1.71. The third kappa shape index (κ3) is 3.77. The van der Waals surface area contributed by atoms with Gasteiger partial charge < -0.3 is 9.47 Å². The van der Waals surface area contributed by atoms with Crippen molar-refractivity contribution in [1.82, 2.24) is 14.5 Å². The summed E-state index contributed by atoms with van der Waals surface area (Å²) in [6, 6.07) is 8.15. The van der Waals surface area contributed by atoms with Gasteiger partial charge in [-0.2, -0.15) is 0 Å². The molecule has 1 aromatic carbocycles. The molecule has 1 saturated carbocycles. The number of fused-ring (bicyclic) bond motifs is 1. The van der Waals surface area contributed by atoms with Crippen molar-refractivity contribution < 1.29 is 4.79 Å². The minimum Gasteiger partial charge on any atom is -0.337 e. The van der Waals surface area contributed by atoms with Crippen molar-refractivity contribution in [2.75, 3.05) is 7.05 Å². The van der Waals surface area contributed by atoms with E-state index in [2.05, 4.69) is 4.57 Å². The summed E-state index contributed by atoms with van der Waals surface area (Å²) in [7, 11) is 1.96. The summed E-state index contributed by atoms with van der Waals surface area (Å²) in [5, 5.41) is 0.717. The van der Waals surface area contributed by atoms with Gasteiger partial charge in [-0.1, -0.05) is 37.3 Å². The fourth-order valence-electron chi connectivity index (χ4n) is 4.51. The number of benzene rings is 1. The number of halogens is 1. The van der Waals surface area contributed by atoms with Gasteiger partial charge in [0.05, 0.1) is 5.69 Å². The molecule has 0 spiro atoms. The lowest BCUT2D eigenvalue weighted by Crippen LogP contribution is -2.38. The van der Waals surface area contributed by atoms with Gasteiger partial charge >= 0.3 is 0 Å². The van der Waals surface area contributed by atoms with E-state index in [4.69, 9.17) is 16.6 Å². The van der Waals surface area contributed by atoms with Crippen LogP contribution in [-0.2, 0) is 13.0 Å². The monoisotopic (exact) mass is 385 g/mol. The second-order valence-electron chi connectivity index (χ2n) is 7.91. The molecule has 4 nitrogen and oxygen atoms in total. The maximum absolute atomic E-state index is 13.4. The highest BCUT2D eigenvalue weighted by atomic mass is 35.5. The van der Waals surface area contributed by atoms with E-state index >= 15 is 0 Å². The average Bonchev–Trinajstić information content (AvgIpc) is 2.89. The van der Waals surface area contributed by atoms with E-state index in [1.807, 2.05) is 36.2 Å². The highest BCUT2D eigenvalue weighted by Crippen LogP contribution is 2.30. The fraction of sp³-hybridized carbons (Fsp3) is 0.545. The van der Waals surface area contributed by atoms with Crippen molar-refractivity contribution in [2.45, 2.75) is 70.4 Å². The second kappa shape index (κ2) is 8.05. The number of hydrogen-bond acceptors (Lipinski definition) is 2. The molecule has 0 N–H and O–H groups in total. The lowest BCUT2D eigenvalue weighted by atomic mass is 9.94. The quantitative estimate of drug-likeness (QED) is 0.715. The summed E-state index contributed by atoms with van der Waals surface area (Å²) in [4.78, 5) is 20.2. The van der Waals surface area contributed by atoms with Crippen LogP contribution in [-0.4, -0.2) is 33.4 Å². The molecule has 0 radical (unpaired) electrons. The molecule has 4 rings (SSSR count). The molecular weight excluding hydrogens is 358 g/mol. The number of rotatable bonds is 3. The lowest BCUT2D eigenvalue weighted by molar-refractivity contribution is 0.0689. The van der Waals surface area contributed by atoms with E-state index in [-0.39, 0.29) is 5.91 Å². The van der Waals surface area contributed by atoms with Crippen LogP contribution in [0.2, 0.25) is 5.02 Å². The van der Waals surface area contributed by atoms with Crippen molar-refractivity contribution in [3.8, 4) is 11.4 Å². The molecule has 1 aliphatic heterocycles. The summed E-state index contributed by atoms with van der Waals surface area (Å²) < 4.78 is 2.28. The van der Waals surface area contributed by atoms with Gasteiger partial charge in [0.2, 0.25) is 0 Å². The van der Waals surface area contributed by atoms with Gasteiger partial charge in [-0.15, -0.1) is 0 Å². The van der Waals surface area contributed by atoms with Gasteiger partial charge in [-0.25, -0.2) is 4.98 Å². The van der Waals surface area contributed by atoms with Crippen LogP contribution in [0.15, 0.2) is 24.3 Å². The molecule has 0 atom stereocenters. The number of aromatic nitrogens is 2. The number of nitrogens with zero attached hydrogens (tertiary/aromatic N) is 3. The SMILES string of the molecule is CN(C(=O)c1nc(-c2ccc(Cl)cc2)n2c1CCCCC2)C1CCCCC1. The molecule has 144 valence electrons. The van der Waals surface area contributed by atoms with Crippen LogP contribution in [0.25, 0.3) is 11.4 Å². The number of carbonyl (C=O) groups excluding carboxylic acids is 1. The summed E-state index contributed by atoms with van der Waals surface area (Å²) in [6.45, 7) is 0.931. The summed E-state index contributed by atoms with van der Waals surface area (Å²) in [5.74, 6) is 0.997. The lowest BCUT2D eigenvalue weighted by Gasteiger charge is -2.31. The first-order valence-electron chi connectivity index (χ1n) is 10.3. The normalized spacial score (nSPS) is 18.0. The summed E-state index contributed by atoms with van der Waals surface area (Å²) >= 11 is 6.06. The topological polar surface area (TPSA) is 38.1 Å². The molecule has 2 heterocycles. The van der Waals surface area contributed by atoms with Gasteiger partial charge in [0.25, 0.3) is 5.91 Å². The average molecular weight is 386 g/mol. The summed E-state index contributed by atoms with van der Waals surface area (Å²) in [6.07, 6.45) is 10.4. The maximum Gasteiger partial charge on any atom is 0.274 e. The highest BCUT2D eigenvalue weighted by Gasteiger charge is 2.29. The zero-order chi connectivity index (χ0) is 18.8. The first kappa shape index (κ1) is 18.5. The zero-order valence-corrected chi connectivity index (χ0v) is 16.8. The molecule has 0 unspecified atom stereocenters. The number of imidazole rings is 1. The molecule has 2 aromatic rings. The Morgan fingerprint density at radius 1 is 1.07 bits per heavy atom. The third-order valence-corrected chi connectivity index (χ3v) is 6.37. The van der Waals surface area contributed by atoms with Crippen molar-refractivity contribution in [3.63, 3.8) is 0 Å². The van der Waals surface area contributed by atoms with Gasteiger partial charge in [-0.05, 0) is 56.4 Å². The molecule has 1 fully saturated rings. The third-order valence-electron chi connectivity index (χ3n) is 6.12. The first-order chi connectivity index (χ1) is 13.1. The Morgan fingerprint density at radius 3 is 2.52 bits per heavy atom. The van der Waals surface area contributed by atoms with E-state index in [1.165, 1.54) is 25.7 Å². The van der Waals surface area contributed by atoms with Crippen LogP contribution >= 0.6 is 11.6 Å². The van der Waals surface area contributed by atoms with Crippen molar-refractivity contribution >= 4 is 17.5 Å². The molecule has 0 bridgehead atoms. The molecular formula is C22H28ClN3O. The highest BCUT2D eigenvalue weighted by molar-refractivity contribution is 6.30. The standard InChI is InChI=1S/C22H28ClN3O/c1-25(18-8-4-2-5-9-18)22(27)20-19-10-6-3-7-15-26(19)21(24-20)16-11-13-17(23)14-12-16/h11-14,18H,2-10,15H2,1H3. The number of carbonyl (C=O) groups is 1. The molecule has 2 aliphatic rings. The minimum atomic E-state index is 0.0905. The van der Waals surface area contributed by atoms with Crippen molar-refractivity contribution in [3.05, 3.63) is 40.7 Å². The van der Waals surface area contributed by atoms with E-state index < -0.39 is 0 Å². The van der Waals surface area contributed by atoms with Crippen LogP contribution in [0.1, 0.15) is 67.5 Å². The predicted molar refractivity (Wildman–Crippen MR) is 109 cm³/mol. The van der Waals surface area contributed by atoms with E-state index in [9.17, 15) is 4.79 Å². The van der Waals surface area contributed by atoms with Crippen LogP contribution < -0.4 is 0 Å². The van der Waals surface area contributed by atoms with Crippen molar-refractivity contribution in [1.29, 1.82) is 0 Å². The molecule has 27 heavy (non-hydrogen) atoms. The first-order valence-corrected chi connectivity index (χ1v) is 10.7. The predicted octanol–water partition coefficient (Wildman–Crippen LogP) is 5.33. The Bertz CT molecular complexity index is 806. The Labute approximate surface area is 166 Å². The van der Waals surface area contributed by atoms with Crippen LogP contribution in [0.5, 0.6) is 0 Å². The van der Waals surface area contributed by atoms with E-state index in [1.54, 1.807) is 0 Å². The molecule has 1 aromatic heterocycles. The van der Waals surface area contributed by atoms with Gasteiger partial charge in [-0.3, -0.25) is 4.79 Å². The largest absolute Gasteiger partial charge is 0.337 e. The minimum absolute atomic E-state index is 0.0905. The Morgan fingerprint density at radius 2 is 1.78 bits per heavy atom. The molecule has 5 heteroatoms. The van der Waals surface area contributed by atoms with E-state index in [0.29, 0.717) is 11.7 Å². The van der Waals surface area contributed by atoms with Gasteiger partial charge in [0, 0.05) is 30.2 Å². The fourth-order valence-corrected chi connectivity index (χ4v) is 4.64. The Hall–Kier alpha value is -1.81. The number of amides is 1. The van der Waals surface area contributed by atoms with Gasteiger partial charge in [0.1, 0.15) is 11.5 Å². The zero-order valence-electron chi connectivity index (χ0n) is 16.1. The maximum atomic E-state index is 13.4. The molecule has 0 saturated heterocycles. The van der Waals surface area contributed by atoms with Crippen molar-refractivity contribution in [2.24, 2.45) is 0 Å². The smallest absolute Gasteiger partial charge is 0.274 e. The van der Waals surface area contributed by atoms with Crippen LogP contribution in [0.4, 0.5) is 0 Å². The van der Waals surface area contributed by atoms with Crippen LogP contribution in [0, 0.1) is 0 Å². The Kier molecular flexibility index (Phi) is 5.53. The van der Waals surface area contributed by atoms with E-state index in [0.717, 1.165) is 60.8 Å². The second-order valence-corrected chi connectivity index (χ2v) is 8.34. The van der Waals surface area contributed by atoms with Gasteiger partial charge in [0.15, 0.2) is 0 Å². The molecule has 1 amide bonds. The summed E-state index contributed by atoms with van der Waals surface area (Å²) in [5.41, 5.74) is 2.81.